The molecular weight excluding hydrogens is 1190 g/mol. The van der Waals surface area contributed by atoms with Crippen LogP contribution < -0.4 is 0 Å². The minimum atomic E-state index is -4.95. The van der Waals surface area contributed by atoms with Crippen molar-refractivity contribution in [2.24, 2.45) is 11.8 Å². The lowest BCUT2D eigenvalue weighted by molar-refractivity contribution is -0.161. The van der Waals surface area contributed by atoms with Crippen LogP contribution in [-0.4, -0.2) is 96.7 Å². The zero-order valence-electron chi connectivity index (χ0n) is 58.4. The highest BCUT2D eigenvalue weighted by Crippen LogP contribution is 2.45. The molecule has 0 aromatic rings. The molecular formula is C71H138O17P2. The van der Waals surface area contributed by atoms with E-state index in [9.17, 15) is 43.2 Å². The van der Waals surface area contributed by atoms with Gasteiger partial charge in [0.2, 0.25) is 0 Å². The van der Waals surface area contributed by atoms with Crippen LogP contribution in [0.4, 0.5) is 0 Å². The first-order valence-corrected chi connectivity index (χ1v) is 40.0. The Labute approximate surface area is 549 Å². The molecule has 19 heteroatoms. The molecule has 3 unspecified atom stereocenters. The molecule has 0 aliphatic heterocycles. The standard InChI is InChI=1S/C71H138O17P2/c1-7-10-12-14-16-18-20-21-22-23-24-26-32-36-44-50-56-71(76)87-66(59-81-68(73)53-47-41-34-30-28-27-29-33-40-46-52-64(6)9-3)61-85-89(77,78)83-57-65(72)58-84-90(79,80)86-62-67(60-82-69(74)54-48-42-38-37-39-45-51-63(4)5)88-70(75)55-49-43-35-31-25-19-17-15-13-11-8-2/h63-67,72H,7-62H2,1-6H3,(H,77,78)(H,79,80)/t64?,65-,66-,67-/m1/s1. The molecule has 0 amide bonds. The fourth-order valence-corrected chi connectivity index (χ4v) is 12.3. The van der Waals surface area contributed by atoms with Crippen LogP contribution in [0.15, 0.2) is 0 Å². The monoisotopic (exact) mass is 1320 g/mol. The summed E-state index contributed by atoms with van der Waals surface area (Å²) in [6, 6.07) is 0. The van der Waals surface area contributed by atoms with Gasteiger partial charge in [-0.25, -0.2) is 9.13 Å². The molecule has 6 atom stereocenters. The predicted octanol–water partition coefficient (Wildman–Crippen LogP) is 20.4. The van der Waals surface area contributed by atoms with E-state index in [4.69, 9.17) is 37.0 Å². The van der Waals surface area contributed by atoms with Gasteiger partial charge in [-0.1, -0.05) is 311 Å². The Kier molecular flexibility index (Phi) is 61.8. The quantitative estimate of drug-likeness (QED) is 0.0222. The van der Waals surface area contributed by atoms with Gasteiger partial charge in [0.1, 0.15) is 19.3 Å². The van der Waals surface area contributed by atoms with Crippen LogP contribution in [0, 0.1) is 11.8 Å². The second-order valence-corrected chi connectivity index (χ2v) is 29.3. The third-order valence-electron chi connectivity index (χ3n) is 16.8. The molecule has 0 heterocycles. The lowest BCUT2D eigenvalue weighted by Crippen LogP contribution is -2.30. The summed E-state index contributed by atoms with van der Waals surface area (Å²) in [6.45, 7) is 9.50. The van der Waals surface area contributed by atoms with Gasteiger partial charge in [0, 0.05) is 25.7 Å². The Morgan fingerprint density at radius 1 is 0.322 bits per heavy atom. The summed E-state index contributed by atoms with van der Waals surface area (Å²) in [6.07, 6.45) is 48.6. The topological polar surface area (TPSA) is 237 Å². The molecule has 0 aromatic carbocycles. The normalized spacial score (nSPS) is 14.4. The van der Waals surface area contributed by atoms with Gasteiger partial charge in [-0.2, -0.15) is 0 Å². The fraction of sp³-hybridized carbons (Fsp3) is 0.944. The molecule has 90 heavy (non-hydrogen) atoms. The Morgan fingerprint density at radius 3 is 0.844 bits per heavy atom. The van der Waals surface area contributed by atoms with E-state index in [1.165, 1.54) is 173 Å². The third kappa shape index (κ3) is 63.5. The van der Waals surface area contributed by atoms with Gasteiger partial charge >= 0.3 is 39.5 Å². The second-order valence-electron chi connectivity index (χ2n) is 26.3. The van der Waals surface area contributed by atoms with E-state index >= 15 is 0 Å². The summed E-state index contributed by atoms with van der Waals surface area (Å²) in [4.78, 5) is 72.5. The number of carbonyl (C=O) groups is 4. The Bertz CT molecular complexity index is 1750. The molecule has 0 radical (unpaired) electrons. The Hall–Kier alpha value is -1.94. The van der Waals surface area contributed by atoms with Crippen LogP contribution in [-0.2, 0) is 65.4 Å². The first-order chi connectivity index (χ1) is 43.4. The largest absolute Gasteiger partial charge is 0.472 e. The van der Waals surface area contributed by atoms with Crippen molar-refractivity contribution in [1.82, 2.24) is 0 Å². The summed E-state index contributed by atoms with van der Waals surface area (Å²) < 4.78 is 68.3. The van der Waals surface area contributed by atoms with Crippen LogP contribution in [0.25, 0.3) is 0 Å². The van der Waals surface area contributed by atoms with Gasteiger partial charge in [0.25, 0.3) is 0 Å². The molecule has 0 saturated carbocycles. The molecule has 0 saturated heterocycles. The van der Waals surface area contributed by atoms with E-state index in [0.717, 1.165) is 102 Å². The molecule has 0 aliphatic carbocycles. The number of aliphatic hydroxyl groups excluding tert-OH is 1. The van der Waals surface area contributed by atoms with E-state index in [1.54, 1.807) is 0 Å². The Balaban J connectivity index is 5.24. The molecule has 3 N–H and O–H groups in total. The smallest absolute Gasteiger partial charge is 0.462 e. The van der Waals surface area contributed by atoms with Crippen molar-refractivity contribution >= 4 is 39.5 Å². The molecule has 534 valence electrons. The lowest BCUT2D eigenvalue weighted by atomic mass is 9.99. The van der Waals surface area contributed by atoms with Crippen LogP contribution in [0.3, 0.4) is 0 Å². The highest BCUT2D eigenvalue weighted by molar-refractivity contribution is 7.47. The highest BCUT2D eigenvalue weighted by Gasteiger charge is 2.30. The van der Waals surface area contributed by atoms with Crippen LogP contribution in [0.5, 0.6) is 0 Å². The number of hydrogen-bond acceptors (Lipinski definition) is 15. The summed E-state index contributed by atoms with van der Waals surface area (Å²) in [7, 11) is -9.90. The first-order valence-electron chi connectivity index (χ1n) is 37.0. The molecule has 0 rings (SSSR count). The molecule has 0 bridgehead atoms. The molecule has 0 spiro atoms. The number of rotatable bonds is 70. The van der Waals surface area contributed by atoms with Crippen LogP contribution in [0.1, 0.15) is 363 Å². The van der Waals surface area contributed by atoms with Crippen molar-refractivity contribution in [3.8, 4) is 0 Å². The summed E-state index contributed by atoms with van der Waals surface area (Å²) in [5.74, 6) is -0.634. The van der Waals surface area contributed by atoms with Gasteiger partial charge in [-0.15, -0.1) is 0 Å². The van der Waals surface area contributed by atoms with Gasteiger partial charge in [-0.05, 0) is 37.5 Å². The lowest BCUT2D eigenvalue weighted by Gasteiger charge is -2.21. The van der Waals surface area contributed by atoms with E-state index in [0.29, 0.717) is 31.6 Å². The van der Waals surface area contributed by atoms with E-state index in [2.05, 4.69) is 41.5 Å². The first kappa shape index (κ1) is 88.1. The van der Waals surface area contributed by atoms with Crippen molar-refractivity contribution in [3.63, 3.8) is 0 Å². The van der Waals surface area contributed by atoms with Gasteiger partial charge in [-0.3, -0.25) is 37.3 Å². The van der Waals surface area contributed by atoms with Crippen molar-refractivity contribution in [1.29, 1.82) is 0 Å². The molecule has 17 nitrogen and oxygen atoms in total. The second kappa shape index (κ2) is 63.1. The average Bonchev–Trinajstić information content (AvgIpc) is 3.49. The van der Waals surface area contributed by atoms with Crippen molar-refractivity contribution in [2.75, 3.05) is 39.6 Å². The summed E-state index contributed by atoms with van der Waals surface area (Å²) in [5, 5.41) is 10.6. The maximum Gasteiger partial charge on any atom is 0.472 e. The van der Waals surface area contributed by atoms with E-state index in [1.807, 2.05) is 0 Å². The maximum atomic E-state index is 13.0. The van der Waals surface area contributed by atoms with Crippen molar-refractivity contribution in [2.45, 2.75) is 381 Å². The van der Waals surface area contributed by atoms with Crippen molar-refractivity contribution in [3.05, 3.63) is 0 Å². The number of ether oxygens (including phenoxy) is 4. The van der Waals surface area contributed by atoms with Crippen molar-refractivity contribution < 1.29 is 80.2 Å². The van der Waals surface area contributed by atoms with Crippen LogP contribution in [0.2, 0.25) is 0 Å². The van der Waals surface area contributed by atoms with Gasteiger partial charge in [0.05, 0.1) is 26.4 Å². The van der Waals surface area contributed by atoms with Gasteiger partial charge in [0.15, 0.2) is 12.2 Å². The minimum absolute atomic E-state index is 0.106. The summed E-state index contributed by atoms with van der Waals surface area (Å²) >= 11 is 0. The third-order valence-corrected chi connectivity index (χ3v) is 18.7. The minimum Gasteiger partial charge on any atom is -0.462 e. The predicted molar refractivity (Wildman–Crippen MR) is 363 cm³/mol. The van der Waals surface area contributed by atoms with E-state index in [-0.39, 0.29) is 25.7 Å². The fourth-order valence-electron chi connectivity index (χ4n) is 10.7. The number of unbranched alkanes of at least 4 members (excludes halogenated alkanes) is 39. The zero-order chi connectivity index (χ0) is 66.5. The maximum absolute atomic E-state index is 13.0. The number of hydrogen-bond donors (Lipinski definition) is 3. The number of esters is 4. The average molecular weight is 1330 g/mol. The SMILES string of the molecule is CCCCCCCCCCCCCCCCCCC(=O)O[C@H](COC(=O)CCCCCCCCCCCCC(C)CC)COP(=O)(O)OC[C@@H](O)COP(=O)(O)OC[C@@H](COC(=O)CCCCCCCCC(C)C)OC(=O)CCCCCCCCCCCCC. The number of carbonyl (C=O) groups excluding carboxylic acids is 4. The highest BCUT2D eigenvalue weighted by atomic mass is 31.2. The number of phosphoric acid groups is 2. The number of aliphatic hydroxyl groups is 1. The van der Waals surface area contributed by atoms with Crippen LogP contribution >= 0.6 is 15.6 Å². The number of phosphoric ester groups is 2. The molecule has 0 aliphatic rings. The Morgan fingerprint density at radius 2 is 0.567 bits per heavy atom. The van der Waals surface area contributed by atoms with E-state index < -0.39 is 97.5 Å². The van der Waals surface area contributed by atoms with Gasteiger partial charge < -0.3 is 33.8 Å². The zero-order valence-corrected chi connectivity index (χ0v) is 60.2. The molecule has 0 aromatic heterocycles. The molecule has 0 fully saturated rings. The summed E-state index contributed by atoms with van der Waals surface area (Å²) in [5.41, 5.74) is 0.